The number of para-hydroxylation sites is 1. The van der Waals surface area contributed by atoms with E-state index in [1.54, 1.807) is 24.9 Å². The standard InChI is InChI=1S/C14H13BrO2S/c1-17-13-4-2-3-5-14(13)18-9-10-6-7-11(15)12(16)8-10/h2-8,16H,9H2,1H3. The zero-order valence-corrected chi connectivity index (χ0v) is 12.3. The van der Waals surface area contributed by atoms with Crippen LogP contribution in [0.15, 0.2) is 51.8 Å². The Morgan fingerprint density at radius 1 is 1.22 bits per heavy atom. The molecule has 2 aromatic carbocycles. The fourth-order valence-electron chi connectivity index (χ4n) is 1.55. The molecule has 0 saturated heterocycles. The minimum absolute atomic E-state index is 0.271. The molecule has 2 nitrogen and oxygen atoms in total. The lowest BCUT2D eigenvalue weighted by atomic mass is 10.2. The molecule has 18 heavy (non-hydrogen) atoms. The third-order valence-electron chi connectivity index (χ3n) is 2.47. The molecule has 4 heteroatoms. The Labute approximate surface area is 119 Å². The van der Waals surface area contributed by atoms with Crippen LogP contribution >= 0.6 is 27.7 Å². The van der Waals surface area contributed by atoms with Gasteiger partial charge in [-0.25, -0.2) is 0 Å². The van der Waals surface area contributed by atoms with Gasteiger partial charge in [0.2, 0.25) is 0 Å². The summed E-state index contributed by atoms with van der Waals surface area (Å²) in [6.07, 6.45) is 0. The van der Waals surface area contributed by atoms with E-state index in [1.165, 1.54) is 0 Å². The van der Waals surface area contributed by atoms with Crippen LogP contribution in [0.4, 0.5) is 0 Å². The smallest absolute Gasteiger partial charge is 0.132 e. The third-order valence-corrected chi connectivity index (χ3v) is 4.27. The monoisotopic (exact) mass is 324 g/mol. The van der Waals surface area contributed by atoms with Crippen LogP contribution in [0.5, 0.6) is 11.5 Å². The molecule has 0 amide bonds. The van der Waals surface area contributed by atoms with E-state index in [9.17, 15) is 5.11 Å². The van der Waals surface area contributed by atoms with Gasteiger partial charge in [0.05, 0.1) is 11.6 Å². The van der Waals surface area contributed by atoms with Crippen LogP contribution in [0.2, 0.25) is 0 Å². The zero-order valence-electron chi connectivity index (χ0n) is 9.89. The Balaban J connectivity index is 2.09. The van der Waals surface area contributed by atoms with Gasteiger partial charge in [-0.2, -0.15) is 0 Å². The van der Waals surface area contributed by atoms with E-state index in [0.717, 1.165) is 22.0 Å². The number of phenolic OH excluding ortho intramolecular Hbond substituents is 1. The molecule has 0 spiro atoms. The van der Waals surface area contributed by atoms with Crippen molar-refractivity contribution in [2.75, 3.05) is 7.11 Å². The molecule has 0 saturated carbocycles. The molecule has 0 radical (unpaired) electrons. The van der Waals surface area contributed by atoms with Gasteiger partial charge in [-0.1, -0.05) is 18.2 Å². The summed E-state index contributed by atoms with van der Waals surface area (Å²) in [6, 6.07) is 13.5. The lowest BCUT2D eigenvalue weighted by molar-refractivity contribution is 0.405. The number of halogens is 1. The molecule has 0 fully saturated rings. The van der Waals surface area contributed by atoms with Crippen LogP contribution in [0.25, 0.3) is 0 Å². The maximum Gasteiger partial charge on any atom is 0.132 e. The maximum absolute atomic E-state index is 9.62. The minimum atomic E-state index is 0.271. The quantitative estimate of drug-likeness (QED) is 0.842. The Bertz CT molecular complexity index is 543. The van der Waals surface area contributed by atoms with Crippen molar-refractivity contribution in [2.24, 2.45) is 0 Å². The van der Waals surface area contributed by atoms with E-state index >= 15 is 0 Å². The van der Waals surface area contributed by atoms with Gasteiger partial charge in [0.1, 0.15) is 11.5 Å². The van der Waals surface area contributed by atoms with E-state index in [4.69, 9.17) is 4.74 Å². The number of hydrogen-bond acceptors (Lipinski definition) is 3. The molecular weight excluding hydrogens is 312 g/mol. The summed E-state index contributed by atoms with van der Waals surface area (Å²) < 4.78 is 6.02. The SMILES string of the molecule is COc1ccccc1SCc1ccc(Br)c(O)c1. The normalized spacial score (nSPS) is 10.3. The van der Waals surface area contributed by atoms with Crippen molar-refractivity contribution in [2.45, 2.75) is 10.6 Å². The number of methoxy groups -OCH3 is 1. The first-order valence-corrected chi connectivity index (χ1v) is 7.22. The van der Waals surface area contributed by atoms with Crippen LogP contribution in [0, 0.1) is 0 Å². The van der Waals surface area contributed by atoms with Crippen LogP contribution in [-0.4, -0.2) is 12.2 Å². The van der Waals surface area contributed by atoms with Crippen molar-refractivity contribution in [1.82, 2.24) is 0 Å². The first kappa shape index (κ1) is 13.3. The third kappa shape index (κ3) is 3.21. The molecule has 1 N–H and O–H groups in total. The Morgan fingerprint density at radius 3 is 2.72 bits per heavy atom. The number of hydrogen-bond donors (Lipinski definition) is 1. The number of phenols is 1. The molecular formula is C14H13BrO2S. The minimum Gasteiger partial charge on any atom is -0.507 e. The predicted molar refractivity (Wildman–Crippen MR) is 78.4 cm³/mol. The van der Waals surface area contributed by atoms with E-state index in [-0.39, 0.29) is 5.75 Å². The molecule has 0 heterocycles. The molecule has 0 bridgehead atoms. The molecule has 2 aromatic rings. The predicted octanol–water partition coefficient (Wildman–Crippen LogP) is 4.46. The Hall–Kier alpha value is -1.13. The van der Waals surface area contributed by atoms with E-state index in [2.05, 4.69) is 15.9 Å². The molecule has 0 aliphatic heterocycles. The topological polar surface area (TPSA) is 29.5 Å². The molecule has 0 aromatic heterocycles. The molecule has 0 atom stereocenters. The highest BCUT2D eigenvalue weighted by Crippen LogP contribution is 2.33. The van der Waals surface area contributed by atoms with Gasteiger partial charge in [0.15, 0.2) is 0 Å². The number of benzene rings is 2. The van der Waals surface area contributed by atoms with E-state index in [0.29, 0.717) is 4.47 Å². The van der Waals surface area contributed by atoms with Crippen LogP contribution in [0.1, 0.15) is 5.56 Å². The number of rotatable bonds is 4. The van der Waals surface area contributed by atoms with Gasteiger partial charge < -0.3 is 9.84 Å². The molecule has 2 rings (SSSR count). The highest BCUT2D eigenvalue weighted by molar-refractivity contribution is 9.10. The van der Waals surface area contributed by atoms with Gasteiger partial charge >= 0.3 is 0 Å². The van der Waals surface area contributed by atoms with Gasteiger partial charge in [-0.05, 0) is 45.8 Å². The lowest BCUT2D eigenvalue weighted by Crippen LogP contribution is -1.86. The van der Waals surface area contributed by atoms with Crippen molar-refractivity contribution < 1.29 is 9.84 Å². The van der Waals surface area contributed by atoms with E-state index < -0.39 is 0 Å². The van der Waals surface area contributed by atoms with Gasteiger partial charge in [0.25, 0.3) is 0 Å². The fourth-order valence-corrected chi connectivity index (χ4v) is 2.76. The summed E-state index contributed by atoms with van der Waals surface area (Å²) in [5.74, 6) is 1.94. The van der Waals surface area contributed by atoms with Crippen molar-refractivity contribution in [3.05, 3.63) is 52.5 Å². The van der Waals surface area contributed by atoms with Crippen LogP contribution in [0.3, 0.4) is 0 Å². The summed E-state index contributed by atoms with van der Waals surface area (Å²) >= 11 is 4.96. The highest BCUT2D eigenvalue weighted by Gasteiger charge is 2.04. The summed E-state index contributed by atoms with van der Waals surface area (Å²) in [5, 5.41) is 9.62. The first-order valence-electron chi connectivity index (χ1n) is 5.44. The second kappa shape index (κ2) is 6.16. The van der Waals surface area contributed by atoms with Crippen molar-refractivity contribution in [1.29, 1.82) is 0 Å². The van der Waals surface area contributed by atoms with Crippen molar-refractivity contribution >= 4 is 27.7 Å². The van der Waals surface area contributed by atoms with Gasteiger partial charge in [-0.15, -0.1) is 11.8 Å². The Morgan fingerprint density at radius 2 is 2.00 bits per heavy atom. The fraction of sp³-hybridized carbons (Fsp3) is 0.143. The van der Waals surface area contributed by atoms with E-state index in [1.807, 2.05) is 36.4 Å². The molecule has 0 aliphatic rings. The highest BCUT2D eigenvalue weighted by atomic mass is 79.9. The Kier molecular flexibility index (Phi) is 4.55. The maximum atomic E-state index is 9.62. The van der Waals surface area contributed by atoms with Crippen LogP contribution in [-0.2, 0) is 5.75 Å². The average molecular weight is 325 g/mol. The second-order valence-electron chi connectivity index (χ2n) is 3.73. The molecule has 94 valence electrons. The average Bonchev–Trinajstić information content (AvgIpc) is 2.40. The molecule has 0 unspecified atom stereocenters. The number of thioether (sulfide) groups is 1. The summed E-state index contributed by atoms with van der Waals surface area (Å²) in [4.78, 5) is 1.10. The van der Waals surface area contributed by atoms with Gasteiger partial charge in [0, 0.05) is 10.6 Å². The van der Waals surface area contributed by atoms with Crippen molar-refractivity contribution in [3.8, 4) is 11.5 Å². The van der Waals surface area contributed by atoms with Gasteiger partial charge in [-0.3, -0.25) is 0 Å². The summed E-state index contributed by atoms with van der Waals surface area (Å²) in [7, 11) is 1.67. The second-order valence-corrected chi connectivity index (χ2v) is 5.60. The largest absolute Gasteiger partial charge is 0.507 e. The molecule has 0 aliphatic carbocycles. The number of aromatic hydroxyl groups is 1. The zero-order chi connectivity index (χ0) is 13.0. The first-order chi connectivity index (χ1) is 8.70. The lowest BCUT2D eigenvalue weighted by Gasteiger charge is -2.08. The number of ether oxygens (including phenoxy) is 1. The van der Waals surface area contributed by atoms with Crippen LogP contribution < -0.4 is 4.74 Å². The van der Waals surface area contributed by atoms with Crippen molar-refractivity contribution in [3.63, 3.8) is 0 Å². The summed E-state index contributed by atoms with van der Waals surface area (Å²) in [6.45, 7) is 0. The summed E-state index contributed by atoms with van der Waals surface area (Å²) in [5.41, 5.74) is 1.08.